The van der Waals surface area contributed by atoms with Crippen LogP contribution in [0.25, 0.3) is 10.9 Å². The van der Waals surface area contributed by atoms with Crippen LogP contribution in [0.5, 0.6) is 0 Å². The van der Waals surface area contributed by atoms with E-state index in [0.29, 0.717) is 0 Å². The molecule has 2 nitrogen and oxygen atoms in total. The Morgan fingerprint density at radius 1 is 1.40 bits per heavy atom. The summed E-state index contributed by atoms with van der Waals surface area (Å²) in [5.74, 6) is -0.211. The number of aliphatic hydroxyl groups excluding tert-OH is 1. The number of hydrogen-bond donors (Lipinski definition) is 1. The molecule has 0 spiro atoms. The van der Waals surface area contributed by atoms with Gasteiger partial charge in [0.25, 0.3) is 0 Å². The lowest BCUT2D eigenvalue weighted by Gasteiger charge is -1.97. The summed E-state index contributed by atoms with van der Waals surface area (Å²) in [6.07, 6.45) is 3.58. The minimum Gasteiger partial charge on any atom is -0.396 e. The molecule has 0 radical (unpaired) electrons. The summed E-state index contributed by atoms with van der Waals surface area (Å²) in [7, 11) is 1.91. The first-order valence-corrected chi connectivity index (χ1v) is 5.06. The molecule has 0 amide bonds. The first kappa shape index (κ1) is 10.2. The van der Waals surface area contributed by atoms with Crippen LogP contribution >= 0.6 is 0 Å². The molecule has 0 bridgehead atoms. The zero-order chi connectivity index (χ0) is 10.8. The fourth-order valence-corrected chi connectivity index (χ4v) is 1.91. The second kappa shape index (κ2) is 4.03. The Morgan fingerprint density at radius 3 is 2.93 bits per heavy atom. The highest BCUT2D eigenvalue weighted by Gasteiger charge is 2.06. The van der Waals surface area contributed by atoms with Crippen LogP contribution in [0, 0.1) is 5.82 Å². The quantitative estimate of drug-likeness (QED) is 0.820. The van der Waals surface area contributed by atoms with E-state index in [-0.39, 0.29) is 12.4 Å². The van der Waals surface area contributed by atoms with E-state index in [9.17, 15) is 4.39 Å². The van der Waals surface area contributed by atoms with E-state index < -0.39 is 0 Å². The molecule has 2 aromatic rings. The maximum atomic E-state index is 13.0. The Balaban J connectivity index is 2.48. The van der Waals surface area contributed by atoms with Crippen molar-refractivity contribution in [1.82, 2.24) is 4.57 Å². The van der Waals surface area contributed by atoms with Crippen LogP contribution in [0.2, 0.25) is 0 Å². The lowest BCUT2D eigenvalue weighted by molar-refractivity contribution is 0.288. The van der Waals surface area contributed by atoms with Gasteiger partial charge in [-0.1, -0.05) is 0 Å². The van der Waals surface area contributed by atoms with Gasteiger partial charge in [0, 0.05) is 25.2 Å². The van der Waals surface area contributed by atoms with Gasteiger partial charge >= 0.3 is 0 Å². The SMILES string of the molecule is Cn1cc(CCCO)c2ccc(F)cc21. The summed E-state index contributed by atoms with van der Waals surface area (Å²) in [4.78, 5) is 0. The summed E-state index contributed by atoms with van der Waals surface area (Å²) in [5.41, 5.74) is 2.07. The summed E-state index contributed by atoms with van der Waals surface area (Å²) >= 11 is 0. The maximum absolute atomic E-state index is 13.0. The molecular formula is C12H14FNO. The van der Waals surface area contributed by atoms with Crippen molar-refractivity contribution < 1.29 is 9.50 Å². The monoisotopic (exact) mass is 207 g/mol. The summed E-state index contributed by atoms with van der Waals surface area (Å²) in [5, 5.41) is 9.86. The Bertz CT molecular complexity index is 476. The van der Waals surface area contributed by atoms with E-state index in [4.69, 9.17) is 5.11 Å². The van der Waals surface area contributed by atoms with Crippen molar-refractivity contribution >= 4 is 10.9 Å². The number of aryl methyl sites for hydroxylation is 2. The fourth-order valence-electron chi connectivity index (χ4n) is 1.91. The first-order valence-electron chi connectivity index (χ1n) is 5.06. The van der Waals surface area contributed by atoms with Crippen LogP contribution in [-0.2, 0) is 13.5 Å². The average Bonchev–Trinajstić information content (AvgIpc) is 2.53. The number of rotatable bonds is 3. The smallest absolute Gasteiger partial charge is 0.125 e. The number of halogens is 1. The van der Waals surface area contributed by atoms with Crippen LogP contribution in [0.3, 0.4) is 0 Å². The van der Waals surface area contributed by atoms with Crippen molar-refractivity contribution in [3.63, 3.8) is 0 Å². The zero-order valence-electron chi connectivity index (χ0n) is 8.70. The molecule has 0 atom stereocenters. The molecule has 0 aliphatic heterocycles. The van der Waals surface area contributed by atoms with Crippen LogP contribution in [0.15, 0.2) is 24.4 Å². The van der Waals surface area contributed by atoms with E-state index in [0.717, 1.165) is 23.7 Å². The molecule has 0 aliphatic rings. The van der Waals surface area contributed by atoms with Crippen molar-refractivity contribution in [2.24, 2.45) is 7.05 Å². The van der Waals surface area contributed by atoms with E-state index >= 15 is 0 Å². The molecule has 1 heterocycles. The third-order valence-corrected chi connectivity index (χ3v) is 2.64. The molecule has 0 saturated carbocycles. The highest BCUT2D eigenvalue weighted by Crippen LogP contribution is 2.22. The molecule has 15 heavy (non-hydrogen) atoms. The predicted molar refractivity (Wildman–Crippen MR) is 58.3 cm³/mol. The fraction of sp³-hybridized carbons (Fsp3) is 0.333. The molecule has 1 N–H and O–H groups in total. The third-order valence-electron chi connectivity index (χ3n) is 2.64. The van der Waals surface area contributed by atoms with E-state index in [1.54, 1.807) is 6.07 Å². The molecule has 1 aromatic carbocycles. The minimum atomic E-state index is -0.211. The third kappa shape index (κ3) is 1.88. The number of hydrogen-bond acceptors (Lipinski definition) is 1. The Morgan fingerprint density at radius 2 is 2.20 bits per heavy atom. The number of benzene rings is 1. The summed E-state index contributed by atoms with van der Waals surface area (Å²) in [6.45, 7) is 0.192. The summed E-state index contributed by atoms with van der Waals surface area (Å²) < 4.78 is 14.9. The van der Waals surface area contributed by atoms with Gasteiger partial charge in [0.15, 0.2) is 0 Å². The van der Waals surface area contributed by atoms with Crippen molar-refractivity contribution in [1.29, 1.82) is 0 Å². The van der Waals surface area contributed by atoms with Crippen LogP contribution < -0.4 is 0 Å². The Hall–Kier alpha value is -1.35. The predicted octanol–water partition coefficient (Wildman–Crippen LogP) is 2.24. The van der Waals surface area contributed by atoms with Gasteiger partial charge in [0.2, 0.25) is 0 Å². The lowest BCUT2D eigenvalue weighted by Crippen LogP contribution is -1.87. The van der Waals surface area contributed by atoms with Crippen LogP contribution in [-0.4, -0.2) is 16.3 Å². The number of nitrogens with zero attached hydrogens (tertiary/aromatic N) is 1. The van der Waals surface area contributed by atoms with Crippen LogP contribution in [0.4, 0.5) is 4.39 Å². The molecule has 80 valence electrons. The highest BCUT2D eigenvalue weighted by atomic mass is 19.1. The molecule has 2 rings (SSSR count). The molecule has 0 unspecified atom stereocenters. The standard InChI is InChI=1S/C12H14FNO/c1-14-8-9(3-2-6-15)11-5-4-10(13)7-12(11)14/h4-5,7-8,15H,2-3,6H2,1H3. The van der Waals surface area contributed by atoms with Crippen molar-refractivity contribution in [2.75, 3.05) is 6.61 Å². The molecule has 3 heteroatoms. The minimum absolute atomic E-state index is 0.192. The Labute approximate surface area is 88.0 Å². The largest absolute Gasteiger partial charge is 0.396 e. The average molecular weight is 207 g/mol. The van der Waals surface area contributed by atoms with Gasteiger partial charge in [-0.25, -0.2) is 4.39 Å². The van der Waals surface area contributed by atoms with Crippen molar-refractivity contribution in [3.05, 3.63) is 35.8 Å². The zero-order valence-corrected chi connectivity index (χ0v) is 8.70. The second-order valence-corrected chi connectivity index (χ2v) is 3.75. The highest BCUT2D eigenvalue weighted by molar-refractivity contribution is 5.84. The number of aromatic nitrogens is 1. The van der Waals surface area contributed by atoms with Gasteiger partial charge in [-0.2, -0.15) is 0 Å². The number of aliphatic hydroxyl groups is 1. The van der Waals surface area contributed by atoms with Gasteiger partial charge in [0.1, 0.15) is 5.82 Å². The normalized spacial score (nSPS) is 11.1. The molecule has 0 fully saturated rings. The van der Waals surface area contributed by atoms with Gasteiger partial charge in [0.05, 0.1) is 5.52 Å². The van der Waals surface area contributed by atoms with E-state index in [2.05, 4.69) is 0 Å². The maximum Gasteiger partial charge on any atom is 0.125 e. The molecule has 0 saturated heterocycles. The van der Waals surface area contributed by atoms with E-state index in [1.165, 1.54) is 17.7 Å². The molecule has 1 aromatic heterocycles. The van der Waals surface area contributed by atoms with E-state index in [1.807, 2.05) is 17.8 Å². The van der Waals surface area contributed by atoms with Crippen molar-refractivity contribution in [3.8, 4) is 0 Å². The van der Waals surface area contributed by atoms with Gasteiger partial charge in [-0.15, -0.1) is 0 Å². The second-order valence-electron chi connectivity index (χ2n) is 3.75. The molecular weight excluding hydrogens is 193 g/mol. The van der Waals surface area contributed by atoms with Crippen LogP contribution in [0.1, 0.15) is 12.0 Å². The first-order chi connectivity index (χ1) is 7.22. The lowest BCUT2D eigenvalue weighted by atomic mass is 10.1. The topological polar surface area (TPSA) is 25.2 Å². The molecule has 0 aliphatic carbocycles. The van der Waals surface area contributed by atoms with Gasteiger partial charge in [-0.3, -0.25) is 0 Å². The van der Waals surface area contributed by atoms with Gasteiger partial charge < -0.3 is 9.67 Å². The Kier molecular flexibility index (Phi) is 2.73. The number of fused-ring (bicyclic) bond motifs is 1. The van der Waals surface area contributed by atoms with Gasteiger partial charge in [-0.05, 0) is 36.6 Å². The van der Waals surface area contributed by atoms with Crippen molar-refractivity contribution in [2.45, 2.75) is 12.8 Å². The summed E-state index contributed by atoms with van der Waals surface area (Å²) in [6, 6.07) is 4.82.